The van der Waals surface area contributed by atoms with Crippen LogP contribution in [0.3, 0.4) is 0 Å². The fourth-order valence-corrected chi connectivity index (χ4v) is 3.55. The summed E-state index contributed by atoms with van der Waals surface area (Å²) in [7, 11) is 0. The quantitative estimate of drug-likeness (QED) is 0.772. The average Bonchev–Trinajstić information content (AvgIpc) is 2.80. The molecule has 1 heterocycles. The first-order valence-electron chi connectivity index (χ1n) is 7.14. The largest absolute Gasteiger partial charge is 0.381 e. The van der Waals surface area contributed by atoms with Crippen molar-refractivity contribution in [2.75, 3.05) is 19.8 Å². The number of aryl methyl sites for hydroxylation is 1. The predicted octanol–water partition coefficient (Wildman–Crippen LogP) is 3.10. The molecule has 0 fully saturated rings. The highest BCUT2D eigenvalue weighted by Crippen LogP contribution is 2.33. The van der Waals surface area contributed by atoms with Gasteiger partial charge in [0.15, 0.2) is 0 Å². The van der Waals surface area contributed by atoms with Crippen molar-refractivity contribution in [1.82, 2.24) is 10.3 Å². The molecule has 0 aliphatic heterocycles. The van der Waals surface area contributed by atoms with E-state index in [1.165, 1.54) is 41.3 Å². The van der Waals surface area contributed by atoms with Gasteiger partial charge in [-0.3, -0.25) is 0 Å². The molecule has 2 rings (SSSR count). The Morgan fingerprint density at radius 3 is 3.11 bits per heavy atom. The molecule has 1 aromatic heterocycles. The van der Waals surface area contributed by atoms with E-state index in [-0.39, 0.29) is 0 Å². The van der Waals surface area contributed by atoms with Crippen LogP contribution < -0.4 is 5.32 Å². The lowest BCUT2D eigenvalue weighted by atomic mass is 9.97. The Bertz CT molecular complexity index is 365. The molecule has 1 aromatic rings. The summed E-state index contributed by atoms with van der Waals surface area (Å²) in [5.74, 6) is 0. The smallest absolute Gasteiger partial charge is 0.0954 e. The zero-order valence-corrected chi connectivity index (χ0v) is 12.3. The Morgan fingerprint density at radius 2 is 2.33 bits per heavy atom. The molecule has 1 atom stereocenters. The number of nitrogens with zero attached hydrogens (tertiary/aromatic N) is 1. The maximum Gasteiger partial charge on any atom is 0.0954 e. The highest BCUT2D eigenvalue weighted by atomic mass is 32.1. The molecule has 0 saturated heterocycles. The van der Waals surface area contributed by atoms with Crippen LogP contribution in [0, 0.1) is 0 Å². The topological polar surface area (TPSA) is 34.1 Å². The maximum absolute atomic E-state index is 5.41. The number of fused-ring (bicyclic) bond motifs is 1. The minimum Gasteiger partial charge on any atom is -0.381 e. The van der Waals surface area contributed by atoms with E-state index >= 15 is 0 Å². The number of thiazole rings is 1. The van der Waals surface area contributed by atoms with E-state index in [1.54, 1.807) is 0 Å². The van der Waals surface area contributed by atoms with Gasteiger partial charge in [-0.25, -0.2) is 4.98 Å². The standard InChI is InChI=1S/C14H24N2OS/c1-3-9-15-11-6-5-7-12-14(11)16-13(18-12)8-10-17-4-2/h11,15H,3-10H2,1-2H3. The summed E-state index contributed by atoms with van der Waals surface area (Å²) in [6.07, 6.45) is 5.90. The van der Waals surface area contributed by atoms with E-state index in [2.05, 4.69) is 12.2 Å². The monoisotopic (exact) mass is 268 g/mol. The third kappa shape index (κ3) is 3.53. The average molecular weight is 268 g/mol. The number of hydrogen-bond donors (Lipinski definition) is 1. The molecule has 0 bridgehead atoms. The predicted molar refractivity (Wildman–Crippen MR) is 76.3 cm³/mol. The van der Waals surface area contributed by atoms with Crippen molar-refractivity contribution in [3.63, 3.8) is 0 Å². The van der Waals surface area contributed by atoms with Gasteiger partial charge in [0.05, 0.1) is 23.4 Å². The first kappa shape index (κ1) is 14.0. The highest BCUT2D eigenvalue weighted by Gasteiger charge is 2.23. The summed E-state index contributed by atoms with van der Waals surface area (Å²) in [5, 5.41) is 4.87. The van der Waals surface area contributed by atoms with Crippen LogP contribution in [0.5, 0.6) is 0 Å². The van der Waals surface area contributed by atoms with Gasteiger partial charge in [0.2, 0.25) is 0 Å². The lowest BCUT2D eigenvalue weighted by Gasteiger charge is -2.22. The van der Waals surface area contributed by atoms with Crippen molar-refractivity contribution in [1.29, 1.82) is 0 Å². The van der Waals surface area contributed by atoms with Gasteiger partial charge in [-0.05, 0) is 39.2 Å². The number of ether oxygens (including phenoxy) is 1. The van der Waals surface area contributed by atoms with Gasteiger partial charge < -0.3 is 10.1 Å². The molecular formula is C14H24N2OS. The minimum absolute atomic E-state index is 0.491. The summed E-state index contributed by atoms with van der Waals surface area (Å²) in [6.45, 7) is 6.94. The molecular weight excluding hydrogens is 244 g/mol. The van der Waals surface area contributed by atoms with Gasteiger partial charge in [0.25, 0.3) is 0 Å². The number of hydrogen-bond acceptors (Lipinski definition) is 4. The van der Waals surface area contributed by atoms with Crippen LogP contribution >= 0.6 is 11.3 Å². The first-order valence-corrected chi connectivity index (χ1v) is 7.96. The normalized spacial score (nSPS) is 18.9. The summed E-state index contributed by atoms with van der Waals surface area (Å²) < 4.78 is 5.41. The van der Waals surface area contributed by atoms with E-state index < -0.39 is 0 Å². The third-order valence-electron chi connectivity index (χ3n) is 3.30. The number of nitrogens with one attached hydrogen (secondary N) is 1. The van der Waals surface area contributed by atoms with Gasteiger partial charge in [0, 0.05) is 17.9 Å². The SMILES string of the molecule is CCCNC1CCCc2sc(CCOCC)nc21. The molecule has 0 amide bonds. The number of aromatic nitrogens is 1. The molecule has 18 heavy (non-hydrogen) atoms. The minimum atomic E-state index is 0.491. The summed E-state index contributed by atoms with van der Waals surface area (Å²) >= 11 is 1.89. The van der Waals surface area contributed by atoms with Crippen LogP contribution in [-0.4, -0.2) is 24.7 Å². The van der Waals surface area contributed by atoms with E-state index in [0.717, 1.165) is 26.2 Å². The van der Waals surface area contributed by atoms with Crippen molar-refractivity contribution < 1.29 is 4.74 Å². The Balaban J connectivity index is 1.98. The van der Waals surface area contributed by atoms with E-state index in [0.29, 0.717) is 6.04 Å². The summed E-state index contributed by atoms with van der Waals surface area (Å²) in [4.78, 5) is 6.33. The first-order chi connectivity index (χ1) is 8.85. The van der Waals surface area contributed by atoms with Gasteiger partial charge in [-0.2, -0.15) is 0 Å². The zero-order valence-electron chi connectivity index (χ0n) is 11.5. The second-order valence-corrected chi connectivity index (χ2v) is 5.93. The van der Waals surface area contributed by atoms with Crippen LogP contribution in [0.25, 0.3) is 0 Å². The van der Waals surface area contributed by atoms with Crippen LogP contribution in [0.1, 0.15) is 54.7 Å². The van der Waals surface area contributed by atoms with Crippen molar-refractivity contribution in [3.8, 4) is 0 Å². The summed E-state index contributed by atoms with van der Waals surface area (Å²) in [5.41, 5.74) is 1.33. The lowest BCUT2D eigenvalue weighted by molar-refractivity contribution is 0.151. The molecule has 0 spiro atoms. The van der Waals surface area contributed by atoms with Crippen molar-refractivity contribution in [2.24, 2.45) is 0 Å². The van der Waals surface area contributed by atoms with Crippen molar-refractivity contribution in [3.05, 3.63) is 15.6 Å². The molecule has 3 nitrogen and oxygen atoms in total. The second-order valence-electron chi connectivity index (χ2n) is 4.76. The number of rotatable bonds is 7. The van der Waals surface area contributed by atoms with Gasteiger partial charge in [-0.1, -0.05) is 6.92 Å². The second kappa shape index (κ2) is 7.22. The van der Waals surface area contributed by atoms with Crippen molar-refractivity contribution >= 4 is 11.3 Å². The Hall–Kier alpha value is -0.450. The molecule has 1 N–H and O–H groups in total. The third-order valence-corrected chi connectivity index (χ3v) is 4.49. The lowest BCUT2D eigenvalue weighted by Crippen LogP contribution is -2.25. The molecule has 0 aromatic carbocycles. The highest BCUT2D eigenvalue weighted by molar-refractivity contribution is 7.11. The van der Waals surface area contributed by atoms with Gasteiger partial charge >= 0.3 is 0 Å². The van der Waals surface area contributed by atoms with E-state index in [4.69, 9.17) is 9.72 Å². The molecule has 1 aliphatic carbocycles. The Labute approximate surface area is 114 Å². The van der Waals surface area contributed by atoms with Crippen LogP contribution in [-0.2, 0) is 17.6 Å². The Kier molecular flexibility index (Phi) is 5.60. The van der Waals surface area contributed by atoms with Crippen LogP contribution in [0.15, 0.2) is 0 Å². The molecule has 0 radical (unpaired) electrons. The summed E-state index contributed by atoms with van der Waals surface area (Å²) in [6, 6.07) is 0.491. The van der Waals surface area contributed by atoms with Crippen molar-refractivity contribution in [2.45, 2.75) is 52.0 Å². The zero-order chi connectivity index (χ0) is 12.8. The van der Waals surface area contributed by atoms with Crippen LogP contribution in [0.2, 0.25) is 0 Å². The van der Waals surface area contributed by atoms with E-state index in [1.807, 2.05) is 18.3 Å². The molecule has 0 saturated carbocycles. The fourth-order valence-electron chi connectivity index (χ4n) is 2.40. The van der Waals surface area contributed by atoms with Crippen LogP contribution in [0.4, 0.5) is 0 Å². The molecule has 1 aliphatic rings. The van der Waals surface area contributed by atoms with E-state index in [9.17, 15) is 0 Å². The maximum atomic E-state index is 5.41. The fraction of sp³-hybridized carbons (Fsp3) is 0.786. The van der Waals surface area contributed by atoms with Gasteiger partial charge in [0.1, 0.15) is 0 Å². The molecule has 1 unspecified atom stereocenters. The van der Waals surface area contributed by atoms with Gasteiger partial charge in [-0.15, -0.1) is 11.3 Å². The Morgan fingerprint density at radius 1 is 1.44 bits per heavy atom. The molecule has 4 heteroatoms. The molecule has 102 valence electrons.